The average molecular weight is 280 g/mol. The molecule has 19 heavy (non-hydrogen) atoms. The Morgan fingerprint density at radius 1 is 1.37 bits per heavy atom. The van der Waals surface area contributed by atoms with Crippen molar-refractivity contribution in [1.29, 1.82) is 0 Å². The maximum Gasteiger partial charge on any atom is 0.404 e. The summed E-state index contributed by atoms with van der Waals surface area (Å²) in [5, 5.41) is 11.3. The van der Waals surface area contributed by atoms with Crippen LogP contribution in [0.1, 0.15) is 19.3 Å². The number of halogens is 3. The van der Waals surface area contributed by atoms with E-state index in [0.29, 0.717) is 12.8 Å². The standard InChI is InChI=1S/C11H15F3N2O3/c12-11(13,14)10(3-4-15-6-10)9(19)16(5-8(17)18)7-1-2-7/h7,15H,1-6H2,(H,17,18). The minimum atomic E-state index is -4.67. The number of alkyl halides is 3. The van der Waals surface area contributed by atoms with Gasteiger partial charge in [-0.2, -0.15) is 13.2 Å². The quantitative estimate of drug-likeness (QED) is 0.791. The van der Waals surface area contributed by atoms with Crippen LogP contribution >= 0.6 is 0 Å². The van der Waals surface area contributed by atoms with Gasteiger partial charge in [-0.25, -0.2) is 0 Å². The third-order valence-corrected chi connectivity index (χ3v) is 3.66. The highest BCUT2D eigenvalue weighted by Crippen LogP contribution is 2.45. The lowest BCUT2D eigenvalue weighted by Gasteiger charge is -2.34. The van der Waals surface area contributed by atoms with Gasteiger partial charge >= 0.3 is 12.1 Å². The number of carbonyl (C=O) groups excluding carboxylic acids is 1. The summed E-state index contributed by atoms with van der Waals surface area (Å²) >= 11 is 0. The van der Waals surface area contributed by atoms with Crippen molar-refractivity contribution in [3.63, 3.8) is 0 Å². The van der Waals surface area contributed by atoms with Crippen LogP contribution in [-0.4, -0.2) is 53.7 Å². The Labute approximate surface area is 107 Å². The van der Waals surface area contributed by atoms with Crippen LogP contribution in [0.15, 0.2) is 0 Å². The summed E-state index contributed by atoms with van der Waals surface area (Å²) in [5.41, 5.74) is -2.47. The molecule has 1 heterocycles. The maximum absolute atomic E-state index is 13.2. The smallest absolute Gasteiger partial charge is 0.404 e. The van der Waals surface area contributed by atoms with Gasteiger partial charge in [0, 0.05) is 12.6 Å². The number of carboxylic acid groups (broad SMARTS) is 1. The van der Waals surface area contributed by atoms with Gasteiger partial charge in [0.25, 0.3) is 0 Å². The number of hydrogen-bond acceptors (Lipinski definition) is 3. The first kappa shape index (κ1) is 14.1. The molecule has 2 aliphatic rings. The highest BCUT2D eigenvalue weighted by Gasteiger charge is 2.63. The number of nitrogens with one attached hydrogen (secondary N) is 1. The fourth-order valence-electron chi connectivity index (χ4n) is 2.41. The van der Waals surface area contributed by atoms with Crippen LogP contribution in [0, 0.1) is 5.41 Å². The van der Waals surface area contributed by atoms with Gasteiger partial charge in [0.2, 0.25) is 5.91 Å². The second-order valence-corrected chi connectivity index (χ2v) is 5.06. The molecule has 1 aliphatic carbocycles. The van der Waals surface area contributed by atoms with Crippen molar-refractivity contribution in [3.05, 3.63) is 0 Å². The predicted octanol–water partition coefficient (Wildman–Crippen LogP) is 0.604. The summed E-state index contributed by atoms with van der Waals surface area (Å²) in [5.74, 6) is -2.39. The molecule has 5 nitrogen and oxygen atoms in total. The first-order valence-electron chi connectivity index (χ1n) is 6.08. The molecule has 0 radical (unpaired) electrons. The molecule has 1 atom stereocenters. The minimum absolute atomic E-state index is 0.108. The second kappa shape index (κ2) is 4.66. The Morgan fingerprint density at radius 3 is 2.37 bits per heavy atom. The van der Waals surface area contributed by atoms with Crippen molar-refractivity contribution in [3.8, 4) is 0 Å². The molecule has 8 heteroatoms. The van der Waals surface area contributed by atoms with Crippen LogP contribution in [0.5, 0.6) is 0 Å². The predicted molar refractivity (Wildman–Crippen MR) is 58.3 cm³/mol. The lowest BCUT2D eigenvalue weighted by Crippen LogP contribution is -2.55. The minimum Gasteiger partial charge on any atom is -0.480 e. The first-order chi connectivity index (χ1) is 8.78. The molecule has 0 aromatic rings. The number of hydrogen-bond donors (Lipinski definition) is 2. The molecule has 1 saturated heterocycles. The Morgan fingerprint density at radius 2 is 2.00 bits per heavy atom. The highest BCUT2D eigenvalue weighted by molar-refractivity contribution is 5.87. The summed E-state index contributed by atoms with van der Waals surface area (Å²) in [6, 6.07) is -0.358. The van der Waals surface area contributed by atoms with Crippen LogP contribution in [0.4, 0.5) is 13.2 Å². The molecule has 2 rings (SSSR count). The molecule has 2 fully saturated rings. The van der Waals surface area contributed by atoms with Crippen LogP contribution in [0.25, 0.3) is 0 Å². The number of nitrogens with zero attached hydrogens (tertiary/aromatic N) is 1. The van der Waals surface area contributed by atoms with E-state index in [1.165, 1.54) is 0 Å². The van der Waals surface area contributed by atoms with E-state index in [1.54, 1.807) is 0 Å². The molecule has 1 amide bonds. The number of carboxylic acids is 1. The van der Waals surface area contributed by atoms with E-state index in [0.717, 1.165) is 4.90 Å². The van der Waals surface area contributed by atoms with Crippen molar-refractivity contribution >= 4 is 11.9 Å². The van der Waals surface area contributed by atoms with Crippen molar-refractivity contribution in [2.75, 3.05) is 19.6 Å². The van der Waals surface area contributed by atoms with Crippen LogP contribution in [-0.2, 0) is 9.59 Å². The normalized spacial score (nSPS) is 27.3. The lowest BCUT2D eigenvalue weighted by molar-refractivity contribution is -0.222. The van der Waals surface area contributed by atoms with Gasteiger partial charge in [-0.05, 0) is 25.8 Å². The van der Waals surface area contributed by atoms with Gasteiger partial charge in [-0.15, -0.1) is 0 Å². The third-order valence-electron chi connectivity index (χ3n) is 3.66. The van der Waals surface area contributed by atoms with E-state index in [1.807, 2.05) is 0 Å². The van der Waals surface area contributed by atoms with E-state index >= 15 is 0 Å². The van der Waals surface area contributed by atoms with Gasteiger partial charge in [-0.3, -0.25) is 9.59 Å². The Kier molecular flexibility index (Phi) is 3.46. The van der Waals surface area contributed by atoms with E-state index in [-0.39, 0.29) is 19.0 Å². The van der Waals surface area contributed by atoms with Gasteiger partial charge in [0.1, 0.15) is 6.54 Å². The monoisotopic (exact) mass is 280 g/mol. The molecular weight excluding hydrogens is 265 g/mol. The van der Waals surface area contributed by atoms with Gasteiger partial charge < -0.3 is 15.3 Å². The largest absolute Gasteiger partial charge is 0.480 e. The van der Waals surface area contributed by atoms with E-state index in [4.69, 9.17) is 5.11 Å². The van der Waals surface area contributed by atoms with Crippen molar-refractivity contribution < 1.29 is 27.9 Å². The van der Waals surface area contributed by atoms with Crippen molar-refractivity contribution in [1.82, 2.24) is 10.2 Å². The number of carbonyl (C=O) groups is 2. The molecule has 108 valence electrons. The summed E-state index contributed by atoms with van der Waals surface area (Å²) in [6.45, 7) is -1.03. The van der Waals surface area contributed by atoms with Crippen LogP contribution in [0.2, 0.25) is 0 Å². The molecular formula is C11H15F3N2O3. The number of aliphatic carboxylic acids is 1. The van der Waals surface area contributed by atoms with Crippen LogP contribution < -0.4 is 5.32 Å². The summed E-state index contributed by atoms with van der Waals surface area (Å²) in [7, 11) is 0. The highest BCUT2D eigenvalue weighted by atomic mass is 19.4. The maximum atomic E-state index is 13.2. The fourth-order valence-corrected chi connectivity index (χ4v) is 2.41. The summed E-state index contributed by atoms with van der Waals surface area (Å²) in [6.07, 6.45) is -3.86. The van der Waals surface area contributed by atoms with E-state index < -0.39 is 36.6 Å². The average Bonchev–Trinajstić information content (AvgIpc) is 2.99. The Balaban J connectivity index is 2.25. The Hall–Kier alpha value is -1.31. The zero-order chi connectivity index (χ0) is 14.3. The number of amides is 1. The first-order valence-corrected chi connectivity index (χ1v) is 6.08. The number of rotatable bonds is 4. The molecule has 2 N–H and O–H groups in total. The zero-order valence-corrected chi connectivity index (χ0v) is 10.2. The molecule has 1 unspecified atom stereocenters. The van der Waals surface area contributed by atoms with Gasteiger partial charge in [0.05, 0.1) is 0 Å². The fraction of sp³-hybridized carbons (Fsp3) is 0.818. The second-order valence-electron chi connectivity index (χ2n) is 5.06. The van der Waals surface area contributed by atoms with Crippen LogP contribution in [0.3, 0.4) is 0 Å². The van der Waals surface area contributed by atoms with Gasteiger partial charge in [0.15, 0.2) is 5.41 Å². The summed E-state index contributed by atoms with van der Waals surface area (Å²) in [4.78, 5) is 23.8. The lowest BCUT2D eigenvalue weighted by atomic mass is 9.84. The molecule has 0 bridgehead atoms. The molecule has 0 aromatic carbocycles. The van der Waals surface area contributed by atoms with Crippen molar-refractivity contribution in [2.45, 2.75) is 31.5 Å². The molecule has 0 spiro atoms. The zero-order valence-electron chi connectivity index (χ0n) is 10.2. The topological polar surface area (TPSA) is 69.6 Å². The summed E-state index contributed by atoms with van der Waals surface area (Å²) < 4.78 is 39.6. The SMILES string of the molecule is O=C(O)CN(C(=O)C1(C(F)(F)F)CCNC1)C1CC1. The molecule has 0 aromatic heterocycles. The van der Waals surface area contributed by atoms with Gasteiger partial charge in [-0.1, -0.05) is 0 Å². The third kappa shape index (κ3) is 2.54. The van der Waals surface area contributed by atoms with Crippen molar-refractivity contribution in [2.24, 2.45) is 5.41 Å². The van der Waals surface area contributed by atoms with E-state index in [2.05, 4.69) is 5.32 Å². The molecule has 1 aliphatic heterocycles. The molecule has 1 saturated carbocycles. The Bertz CT molecular complexity index is 387. The van der Waals surface area contributed by atoms with E-state index in [9.17, 15) is 22.8 Å².